The maximum absolute atomic E-state index is 13.4. The van der Waals surface area contributed by atoms with Gasteiger partial charge in [0.25, 0.3) is 0 Å². The summed E-state index contributed by atoms with van der Waals surface area (Å²) in [6.45, 7) is 3.38. The molecule has 0 fully saturated rings. The zero-order valence-electron chi connectivity index (χ0n) is 15.5. The number of nitrogens with zero attached hydrogens (tertiary/aromatic N) is 2. The van der Waals surface area contributed by atoms with Crippen molar-refractivity contribution in [3.8, 4) is 5.75 Å². The van der Waals surface area contributed by atoms with E-state index in [4.69, 9.17) is 4.74 Å². The van der Waals surface area contributed by atoms with Crippen molar-refractivity contribution >= 4 is 10.0 Å². The van der Waals surface area contributed by atoms with Crippen LogP contribution in [0.3, 0.4) is 0 Å². The molecule has 1 aliphatic heterocycles. The van der Waals surface area contributed by atoms with E-state index < -0.39 is 21.9 Å². The first-order valence-electron chi connectivity index (χ1n) is 9.16. The van der Waals surface area contributed by atoms with Gasteiger partial charge in [-0.2, -0.15) is 4.31 Å². The molecule has 146 valence electrons. The summed E-state index contributed by atoms with van der Waals surface area (Å²) in [4.78, 5) is 0.0878. The van der Waals surface area contributed by atoms with Crippen LogP contribution < -0.4 is 4.74 Å². The second kappa shape index (κ2) is 7.41. The lowest BCUT2D eigenvalue weighted by atomic mass is 10.0. The van der Waals surface area contributed by atoms with E-state index in [-0.39, 0.29) is 4.90 Å². The first-order chi connectivity index (χ1) is 13.5. The summed E-state index contributed by atoms with van der Waals surface area (Å²) in [5.74, 6) is 0.278. The van der Waals surface area contributed by atoms with E-state index in [1.165, 1.54) is 28.6 Å². The quantitative estimate of drug-likeness (QED) is 0.654. The smallest absolute Gasteiger partial charge is 0.244 e. The van der Waals surface area contributed by atoms with Crippen LogP contribution in [0.1, 0.15) is 24.2 Å². The molecule has 0 saturated carbocycles. The molecule has 2 heterocycles. The highest BCUT2D eigenvalue weighted by molar-refractivity contribution is 7.89. The Morgan fingerprint density at radius 3 is 2.43 bits per heavy atom. The molecule has 3 aromatic rings. The zero-order valence-corrected chi connectivity index (χ0v) is 16.3. The Morgan fingerprint density at radius 2 is 1.75 bits per heavy atom. The minimum Gasteiger partial charge on any atom is -0.494 e. The standard InChI is InChI=1S/C21H21FN2O3S/c1-2-27-18-9-5-16(6-10-18)21-20-4-3-13-23(20)14-15-24(21)28(25,26)19-11-7-17(22)8-12-19/h3-13,21H,2,14-15H2,1H3. The van der Waals surface area contributed by atoms with Gasteiger partial charge >= 0.3 is 0 Å². The van der Waals surface area contributed by atoms with Crippen LogP contribution in [-0.2, 0) is 16.6 Å². The van der Waals surface area contributed by atoms with Gasteiger partial charge in [0.05, 0.1) is 17.5 Å². The average molecular weight is 400 g/mol. The van der Waals surface area contributed by atoms with Gasteiger partial charge in [-0.1, -0.05) is 12.1 Å². The van der Waals surface area contributed by atoms with E-state index in [2.05, 4.69) is 4.57 Å². The largest absolute Gasteiger partial charge is 0.494 e. The van der Waals surface area contributed by atoms with Crippen molar-refractivity contribution in [1.82, 2.24) is 8.87 Å². The van der Waals surface area contributed by atoms with Crippen LogP contribution in [0.5, 0.6) is 5.75 Å². The number of halogens is 1. The number of fused-ring (bicyclic) bond motifs is 1. The molecule has 0 amide bonds. The lowest BCUT2D eigenvalue weighted by Gasteiger charge is -2.36. The highest BCUT2D eigenvalue weighted by atomic mass is 32.2. The van der Waals surface area contributed by atoms with E-state index >= 15 is 0 Å². The first kappa shape index (κ1) is 18.7. The second-order valence-electron chi connectivity index (χ2n) is 6.60. The van der Waals surface area contributed by atoms with Crippen LogP contribution in [0.2, 0.25) is 0 Å². The summed E-state index contributed by atoms with van der Waals surface area (Å²) in [5.41, 5.74) is 1.76. The molecule has 28 heavy (non-hydrogen) atoms. The SMILES string of the molecule is CCOc1ccc(C2c3cccn3CCN2S(=O)(=O)c2ccc(F)cc2)cc1. The summed E-state index contributed by atoms with van der Waals surface area (Å²) < 4.78 is 49.1. The van der Waals surface area contributed by atoms with Gasteiger partial charge in [-0.3, -0.25) is 0 Å². The molecule has 5 nitrogen and oxygen atoms in total. The molecule has 1 aliphatic rings. The molecule has 2 aromatic carbocycles. The Balaban J connectivity index is 1.78. The van der Waals surface area contributed by atoms with Gasteiger partial charge in [0.15, 0.2) is 0 Å². The number of hydrogen-bond donors (Lipinski definition) is 0. The summed E-state index contributed by atoms with van der Waals surface area (Å²) in [6, 6.07) is 15.9. The predicted molar refractivity (Wildman–Crippen MR) is 104 cm³/mol. The van der Waals surface area contributed by atoms with Crippen molar-refractivity contribution in [2.75, 3.05) is 13.2 Å². The number of ether oxygens (including phenoxy) is 1. The predicted octanol–water partition coefficient (Wildman–Crippen LogP) is 3.82. The molecular formula is C21H21FN2O3S. The fraction of sp³-hybridized carbons (Fsp3) is 0.238. The highest BCUT2D eigenvalue weighted by Gasteiger charge is 2.37. The first-order valence-corrected chi connectivity index (χ1v) is 10.6. The van der Waals surface area contributed by atoms with Crippen LogP contribution in [0, 0.1) is 5.82 Å². The normalized spacial score (nSPS) is 17.3. The number of rotatable bonds is 5. The van der Waals surface area contributed by atoms with E-state index in [1.807, 2.05) is 49.5 Å². The maximum atomic E-state index is 13.4. The van der Waals surface area contributed by atoms with E-state index in [0.717, 1.165) is 17.0 Å². The third-order valence-electron chi connectivity index (χ3n) is 4.92. The van der Waals surface area contributed by atoms with E-state index in [0.29, 0.717) is 19.7 Å². The Hall–Kier alpha value is -2.64. The molecular weight excluding hydrogens is 379 g/mol. The molecule has 1 unspecified atom stereocenters. The molecule has 7 heteroatoms. The Kier molecular flexibility index (Phi) is 4.95. The molecule has 0 bridgehead atoms. The molecule has 1 atom stereocenters. The number of hydrogen-bond acceptors (Lipinski definition) is 3. The number of aromatic nitrogens is 1. The van der Waals surface area contributed by atoms with Crippen LogP contribution in [0.25, 0.3) is 0 Å². The zero-order chi connectivity index (χ0) is 19.7. The average Bonchev–Trinajstić information content (AvgIpc) is 3.17. The van der Waals surface area contributed by atoms with E-state index in [1.54, 1.807) is 0 Å². The van der Waals surface area contributed by atoms with Crippen LogP contribution in [-0.4, -0.2) is 30.4 Å². The molecule has 4 rings (SSSR count). The monoisotopic (exact) mass is 400 g/mol. The van der Waals surface area contributed by atoms with Gasteiger partial charge in [0, 0.05) is 25.0 Å². The van der Waals surface area contributed by atoms with Crippen molar-refractivity contribution in [1.29, 1.82) is 0 Å². The van der Waals surface area contributed by atoms with Crippen LogP contribution >= 0.6 is 0 Å². The van der Waals surface area contributed by atoms with Crippen molar-refractivity contribution in [2.45, 2.75) is 24.4 Å². The van der Waals surface area contributed by atoms with Gasteiger partial charge in [0.2, 0.25) is 10.0 Å². The minimum absolute atomic E-state index is 0.0878. The van der Waals surface area contributed by atoms with Gasteiger partial charge in [-0.05, 0) is 61.0 Å². The van der Waals surface area contributed by atoms with Crippen molar-refractivity contribution < 1.29 is 17.5 Å². The fourth-order valence-corrected chi connectivity index (χ4v) is 5.19. The van der Waals surface area contributed by atoms with Crippen molar-refractivity contribution in [2.24, 2.45) is 0 Å². The molecule has 0 spiro atoms. The molecule has 0 saturated heterocycles. The van der Waals surface area contributed by atoms with Gasteiger partial charge < -0.3 is 9.30 Å². The lowest BCUT2D eigenvalue weighted by molar-refractivity contribution is 0.298. The minimum atomic E-state index is -3.79. The summed E-state index contributed by atoms with van der Waals surface area (Å²) in [5, 5.41) is 0. The summed E-state index contributed by atoms with van der Waals surface area (Å²) >= 11 is 0. The molecule has 1 aromatic heterocycles. The number of sulfonamides is 1. The third-order valence-corrected chi connectivity index (χ3v) is 6.80. The summed E-state index contributed by atoms with van der Waals surface area (Å²) in [7, 11) is -3.79. The molecule has 0 radical (unpaired) electrons. The maximum Gasteiger partial charge on any atom is 0.244 e. The molecule has 0 N–H and O–H groups in total. The Morgan fingerprint density at radius 1 is 1.04 bits per heavy atom. The van der Waals surface area contributed by atoms with Crippen molar-refractivity contribution in [3.05, 3.63) is 83.9 Å². The highest BCUT2D eigenvalue weighted by Crippen LogP contribution is 2.37. The number of benzene rings is 2. The molecule has 0 aliphatic carbocycles. The third kappa shape index (κ3) is 3.31. The van der Waals surface area contributed by atoms with Gasteiger partial charge in [-0.25, -0.2) is 12.8 Å². The van der Waals surface area contributed by atoms with Gasteiger partial charge in [-0.15, -0.1) is 0 Å². The Labute approximate surface area is 164 Å². The fourth-order valence-electron chi connectivity index (χ4n) is 3.61. The van der Waals surface area contributed by atoms with Crippen molar-refractivity contribution in [3.63, 3.8) is 0 Å². The second-order valence-corrected chi connectivity index (χ2v) is 8.49. The Bertz CT molecular complexity index is 1060. The van der Waals surface area contributed by atoms with Gasteiger partial charge in [0.1, 0.15) is 11.6 Å². The summed E-state index contributed by atoms with van der Waals surface area (Å²) in [6.07, 6.45) is 1.96. The topological polar surface area (TPSA) is 51.5 Å². The lowest BCUT2D eigenvalue weighted by Crippen LogP contribution is -2.42. The van der Waals surface area contributed by atoms with Crippen LogP contribution in [0.4, 0.5) is 4.39 Å². The van der Waals surface area contributed by atoms with Crippen LogP contribution in [0.15, 0.2) is 71.8 Å². The van der Waals surface area contributed by atoms with E-state index in [9.17, 15) is 12.8 Å².